The normalized spacial score (nSPS) is 13.5. The minimum atomic E-state index is -1.81. The van der Waals surface area contributed by atoms with E-state index in [0.29, 0.717) is 6.61 Å². The van der Waals surface area contributed by atoms with E-state index in [-0.39, 0.29) is 0 Å². The summed E-state index contributed by atoms with van der Waals surface area (Å²) in [7, 11) is -1.81. The summed E-state index contributed by atoms with van der Waals surface area (Å²) < 4.78 is 16.1. The monoisotopic (exact) mass is 225 g/mol. The van der Waals surface area contributed by atoms with Crippen molar-refractivity contribution < 1.29 is 9.09 Å². The van der Waals surface area contributed by atoms with Crippen LogP contribution in [0.4, 0.5) is 0 Å². The number of nitrogens with zero attached hydrogens (tertiary/aromatic N) is 1. The zero-order valence-electron chi connectivity index (χ0n) is 8.71. The van der Waals surface area contributed by atoms with Gasteiger partial charge in [0.15, 0.2) is 0 Å². The minimum Gasteiger partial charge on any atom is -0.323 e. The Kier molecular flexibility index (Phi) is 9.42. The highest BCUT2D eigenvalue weighted by Gasteiger charge is 2.01. The lowest BCUT2D eigenvalue weighted by Crippen LogP contribution is -2.25. The van der Waals surface area contributed by atoms with Crippen LogP contribution in [0.5, 0.6) is 0 Å². The Hall–Kier alpha value is 0.500. The molecule has 0 fully saturated rings. The van der Waals surface area contributed by atoms with Crippen LogP contribution >= 0.6 is 18.6 Å². The van der Waals surface area contributed by atoms with Crippen LogP contribution in [0.2, 0.25) is 0 Å². The molecule has 0 aliphatic carbocycles. The molecule has 0 spiro atoms. The molecule has 1 atom stereocenters. The van der Waals surface area contributed by atoms with E-state index >= 15 is 0 Å². The van der Waals surface area contributed by atoms with Gasteiger partial charge in [-0.3, -0.25) is 4.57 Å². The van der Waals surface area contributed by atoms with Gasteiger partial charge in [0.25, 0.3) is 0 Å². The largest absolute Gasteiger partial charge is 0.323 e. The molecule has 0 rings (SSSR count). The summed E-state index contributed by atoms with van der Waals surface area (Å²) in [5.74, 6) is 0.902. The Morgan fingerprint density at radius 2 is 1.92 bits per heavy atom. The lowest BCUT2D eigenvalue weighted by Gasteiger charge is -2.16. The first kappa shape index (κ1) is 13.5. The molecule has 0 N–H and O–H groups in total. The molecule has 13 heavy (non-hydrogen) atoms. The van der Waals surface area contributed by atoms with Crippen molar-refractivity contribution in [3.05, 3.63) is 0 Å². The second-order valence-corrected chi connectivity index (χ2v) is 5.91. The highest BCUT2D eigenvalue weighted by molar-refractivity contribution is 8.50. The zero-order valence-corrected chi connectivity index (χ0v) is 10.5. The molecule has 0 aliphatic rings. The molecule has 80 valence electrons. The molecule has 0 radical (unpaired) electrons. The Balaban J connectivity index is 3.37. The molecule has 0 saturated carbocycles. The molecule has 0 aromatic rings. The van der Waals surface area contributed by atoms with Crippen molar-refractivity contribution in [1.29, 1.82) is 0 Å². The number of hydrogen-bond donors (Lipinski definition) is 0. The van der Waals surface area contributed by atoms with Gasteiger partial charge in [-0.1, -0.05) is 25.2 Å². The van der Waals surface area contributed by atoms with E-state index in [2.05, 4.69) is 18.7 Å². The average molecular weight is 225 g/mol. The molecule has 0 heterocycles. The van der Waals surface area contributed by atoms with Gasteiger partial charge in [0.2, 0.25) is 7.23 Å². The summed E-state index contributed by atoms with van der Waals surface area (Å²) in [5.41, 5.74) is 0. The SMILES string of the molecule is CCO[PH](=O)SCCN(CC)CC. The molecule has 0 bridgehead atoms. The summed E-state index contributed by atoms with van der Waals surface area (Å²) >= 11 is 1.44. The van der Waals surface area contributed by atoms with Crippen LogP contribution in [0.25, 0.3) is 0 Å². The fourth-order valence-corrected chi connectivity index (χ4v) is 3.17. The van der Waals surface area contributed by atoms with Crippen molar-refractivity contribution in [1.82, 2.24) is 4.90 Å². The molecule has 5 heteroatoms. The average Bonchev–Trinajstić information content (AvgIpc) is 2.13. The van der Waals surface area contributed by atoms with Crippen molar-refractivity contribution in [3.63, 3.8) is 0 Å². The van der Waals surface area contributed by atoms with Crippen molar-refractivity contribution in [2.75, 3.05) is 32.0 Å². The van der Waals surface area contributed by atoms with Crippen molar-refractivity contribution >= 4 is 18.6 Å². The Bertz CT molecular complexity index is 142. The van der Waals surface area contributed by atoms with Gasteiger partial charge in [-0.25, -0.2) is 0 Å². The zero-order chi connectivity index (χ0) is 10.1. The predicted octanol–water partition coefficient (Wildman–Crippen LogP) is 2.49. The summed E-state index contributed by atoms with van der Waals surface area (Å²) in [5, 5.41) is 0. The maximum absolute atomic E-state index is 11.1. The maximum atomic E-state index is 11.1. The quantitative estimate of drug-likeness (QED) is 0.594. The summed E-state index contributed by atoms with van der Waals surface area (Å²) in [4.78, 5) is 2.31. The number of rotatable bonds is 8. The molecule has 0 amide bonds. The van der Waals surface area contributed by atoms with Crippen LogP contribution < -0.4 is 0 Å². The minimum absolute atomic E-state index is 0.552. The lowest BCUT2D eigenvalue weighted by atomic mass is 10.5. The molecule has 0 aromatic carbocycles. The Labute approximate surface area is 85.8 Å². The summed E-state index contributed by atoms with van der Waals surface area (Å²) in [6.07, 6.45) is 0. The number of hydrogen-bond acceptors (Lipinski definition) is 4. The molecule has 0 saturated heterocycles. The smallest absolute Gasteiger partial charge is 0.246 e. The van der Waals surface area contributed by atoms with E-state index in [1.807, 2.05) is 6.92 Å². The van der Waals surface area contributed by atoms with Gasteiger partial charge in [-0.15, -0.1) is 0 Å². The Morgan fingerprint density at radius 3 is 2.38 bits per heavy atom. The molecule has 3 nitrogen and oxygen atoms in total. The molecular weight excluding hydrogens is 205 g/mol. The van der Waals surface area contributed by atoms with Gasteiger partial charge in [0.05, 0.1) is 6.61 Å². The van der Waals surface area contributed by atoms with Crippen molar-refractivity contribution in [2.45, 2.75) is 20.8 Å². The lowest BCUT2D eigenvalue weighted by molar-refractivity contribution is 0.323. The second kappa shape index (κ2) is 9.07. The molecule has 1 unspecified atom stereocenters. The van der Waals surface area contributed by atoms with Gasteiger partial charge in [-0.05, 0) is 20.0 Å². The van der Waals surface area contributed by atoms with Crippen molar-refractivity contribution in [2.24, 2.45) is 0 Å². The van der Waals surface area contributed by atoms with E-state index in [1.165, 1.54) is 11.4 Å². The van der Waals surface area contributed by atoms with Crippen LogP contribution in [0, 0.1) is 0 Å². The third-order valence-electron chi connectivity index (χ3n) is 1.78. The fourth-order valence-electron chi connectivity index (χ4n) is 0.957. The first-order valence-electron chi connectivity index (χ1n) is 4.76. The van der Waals surface area contributed by atoms with Gasteiger partial charge < -0.3 is 9.42 Å². The summed E-state index contributed by atoms with van der Waals surface area (Å²) in [6, 6.07) is 0. The third kappa shape index (κ3) is 7.56. The van der Waals surface area contributed by atoms with Gasteiger partial charge >= 0.3 is 0 Å². The van der Waals surface area contributed by atoms with Crippen LogP contribution in [-0.4, -0.2) is 36.9 Å². The Morgan fingerprint density at radius 1 is 1.31 bits per heavy atom. The molecule has 0 aromatic heterocycles. The topological polar surface area (TPSA) is 29.5 Å². The van der Waals surface area contributed by atoms with E-state index in [0.717, 1.165) is 25.4 Å². The van der Waals surface area contributed by atoms with Gasteiger partial charge in [-0.2, -0.15) is 0 Å². The van der Waals surface area contributed by atoms with Gasteiger partial charge in [0.1, 0.15) is 0 Å². The van der Waals surface area contributed by atoms with E-state index in [1.54, 1.807) is 0 Å². The highest BCUT2D eigenvalue weighted by Crippen LogP contribution is 2.38. The highest BCUT2D eigenvalue weighted by atomic mass is 32.7. The van der Waals surface area contributed by atoms with Gasteiger partial charge in [0, 0.05) is 12.3 Å². The molecule has 0 aliphatic heterocycles. The first-order valence-corrected chi connectivity index (χ1v) is 7.79. The van der Waals surface area contributed by atoms with E-state index < -0.39 is 7.23 Å². The van der Waals surface area contributed by atoms with Crippen LogP contribution in [0.3, 0.4) is 0 Å². The maximum Gasteiger partial charge on any atom is 0.246 e. The standard InChI is InChI=1S/C8H20NO2PS/c1-4-9(5-2)7-8-13-12(10)11-6-3/h12H,4-8H2,1-3H3. The van der Waals surface area contributed by atoms with Crippen LogP contribution in [-0.2, 0) is 9.09 Å². The third-order valence-corrected chi connectivity index (χ3v) is 4.60. The van der Waals surface area contributed by atoms with Crippen LogP contribution in [0.1, 0.15) is 20.8 Å². The van der Waals surface area contributed by atoms with Crippen molar-refractivity contribution in [3.8, 4) is 0 Å². The summed E-state index contributed by atoms with van der Waals surface area (Å²) in [6.45, 7) is 9.82. The molecular formula is C8H20NO2PS. The van der Waals surface area contributed by atoms with Crippen LogP contribution in [0.15, 0.2) is 0 Å². The van der Waals surface area contributed by atoms with E-state index in [4.69, 9.17) is 4.52 Å². The first-order chi connectivity index (χ1) is 6.24. The predicted molar refractivity (Wildman–Crippen MR) is 60.9 cm³/mol. The second-order valence-electron chi connectivity index (χ2n) is 2.56. The fraction of sp³-hybridized carbons (Fsp3) is 1.00. The van der Waals surface area contributed by atoms with E-state index in [9.17, 15) is 4.57 Å².